The van der Waals surface area contributed by atoms with Crippen LogP contribution in [0.2, 0.25) is 0 Å². The zero-order valence-corrected chi connectivity index (χ0v) is 10.9. The number of hydrogen-bond donors (Lipinski definition) is 1. The van der Waals surface area contributed by atoms with E-state index in [4.69, 9.17) is 5.73 Å². The number of ketones is 1. The van der Waals surface area contributed by atoms with Gasteiger partial charge in [0.2, 0.25) is 0 Å². The molecule has 1 aliphatic carbocycles. The Morgan fingerprint density at radius 3 is 2.56 bits per heavy atom. The number of carbonyl (C=O) groups is 1. The molecule has 0 fully saturated rings. The minimum Gasteiger partial charge on any atom is -0.321 e. The number of hydrogen-bond acceptors (Lipinski definition) is 2. The van der Waals surface area contributed by atoms with Gasteiger partial charge in [0.1, 0.15) is 0 Å². The van der Waals surface area contributed by atoms with Gasteiger partial charge in [0.15, 0.2) is 5.78 Å². The fourth-order valence-corrected chi connectivity index (χ4v) is 2.35. The van der Waals surface area contributed by atoms with E-state index in [1.54, 1.807) is 0 Å². The van der Waals surface area contributed by atoms with Crippen LogP contribution in [0.4, 0.5) is 0 Å². The highest BCUT2D eigenvalue weighted by atomic mass is 16.1. The normalized spacial score (nSPS) is 15.6. The number of nitrogens with two attached hydrogens (primary N) is 1. The Hall–Kier alpha value is -1.67. The second-order valence-electron chi connectivity index (χ2n) is 4.87. The van der Waals surface area contributed by atoms with E-state index in [9.17, 15) is 4.79 Å². The van der Waals surface area contributed by atoms with Gasteiger partial charge in [-0.2, -0.15) is 0 Å². The summed E-state index contributed by atoms with van der Waals surface area (Å²) in [6.45, 7) is 4.13. The first-order chi connectivity index (χ1) is 8.59. The van der Waals surface area contributed by atoms with Crippen LogP contribution in [0.3, 0.4) is 0 Å². The monoisotopic (exact) mass is 241 g/mol. The van der Waals surface area contributed by atoms with Crippen LogP contribution in [0.5, 0.6) is 0 Å². The zero-order valence-electron chi connectivity index (χ0n) is 10.9. The zero-order chi connectivity index (χ0) is 13.1. The highest BCUT2D eigenvalue weighted by Crippen LogP contribution is 2.18. The molecule has 2 N–H and O–H groups in total. The van der Waals surface area contributed by atoms with Gasteiger partial charge in [0.25, 0.3) is 0 Å². The van der Waals surface area contributed by atoms with Crippen LogP contribution >= 0.6 is 0 Å². The highest BCUT2D eigenvalue weighted by Gasteiger charge is 2.20. The molecule has 0 heterocycles. The predicted octanol–water partition coefficient (Wildman–Crippen LogP) is 2.63. The van der Waals surface area contributed by atoms with E-state index in [1.807, 2.05) is 24.3 Å². The largest absolute Gasteiger partial charge is 0.321 e. The predicted molar refractivity (Wildman–Crippen MR) is 74.4 cm³/mol. The standard InChI is InChI=1S/C16H19NO/c1-11-6-5-7-12(2)14(11)10-15(17)16(18)13-8-3-4-9-13/h3-8,15H,9-10,17H2,1-2H3. The third-order valence-electron chi connectivity index (χ3n) is 3.49. The van der Waals surface area contributed by atoms with Crippen LogP contribution in [0.15, 0.2) is 42.0 Å². The Balaban J connectivity index is 2.12. The van der Waals surface area contributed by atoms with Crippen molar-refractivity contribution in [2.24, 2.45) is 5.73 Å². The van der Waals surface area contributed by atoms with Gasteiger partial charge in [0.05, 0.1) is 6.04 Å². The summed E-state index contributed by atoms with van der Waals surface area (Å²) in [4.78, 5) is 12.1. The van der Waals surface area contributed by atoms with Crippen molar-refractivity contribution in [3.05, 3.63) is 58.7 Å². The van der Waals surface area contributed by atoms with Crippen LogP contribution < -0.4 is 5.73 Å². The van der Waals surface area contributed by atoms with Gasteiger partial charge in [-0.05, 0) is 43.4 Å². The molecule has 2 heteroatoms. The Bertz CT molecular complexity index is 506. The van der Waals surface area contributed by atoms with Crippen molar-refractivity contribution in [3.8, 4) is 0 Å². The van der Waals surface area contributed by atoms with Crippen LogP contribution in [-0.4, -0.2) is 11.8 Å². The third kappa shape index (κ3) is 2.59. The lowest BCUT2D eigenvalue weighted by atomic mass is 9.93. The first-order valence-corrected chi connectivity index (χ1v) is 6.30. The molecule has 0 aliphatic heterocycles. The number of aryl methyl sites for hydroxylation is 2. The van der Waals surface area contributed by atoms with Crippen molar-refractivity contribution in [1.82, 2.24) is 0 Å². The summed E-state index contributed by atoms with van der Waals surface area (Å²) >= 11 is 0. The summed E-state index contributed by atoms with van der Waals surface area (Å²) in [6, 6.07) is 5.73. The summed E-state index contributed by atoms with van der Waals surface area (Å²) in [5.74, 6) is 0.0719. The van der Waals surface area contributed by atoms with Crippen LogP contribution in [-0.2, 0) is 11.2 Å². The molecule has 2 rings (SSSR count). The second-order valence-corrected chi connectivity index (χ2v) is 4.87. The maximum Gasteiger partial charge on any atom is 0.176 e. The van der Waals surface area contributed by atoms with Crippen molar-refractivity contribution in [2.45, 2.75) is 32.7 Å². The minimum absolute atomic E-state index is 0.0719. The quantitative estimate of drug-likeness (QED) is 0.880. The highest BCUT2D eigenvalue weighted by molar-refractivity contribution is 6.00. The Labute approximate surface area is 108 Å². The van der Waals surface area contributed by atoms with Gasteiger partial charge in [-0.1, -0.05) is 36.4 Å². The topological polar surface area (TPSA) is 43.1 Å². The van der Waals surface area contributed by atoms with E-state index in [-0.39, 0.29) is 5.78 Å². The molecule has 0 bridgehead atoms. The van der Waals surface area contributed by atoms with Crippen LogP contribution in [0.25, 0.3) is 0 Å². The lowest BCUT2D eigenvalue weighted by Crippen LogP contribution is -2.34. The SMILES string of the molecule is Cc1cccc(C)c1CC(N)C(=O)C1=CC=CC1. The van der Waals surface area contributed by atoms with Crippen LogP contribution in [0, 0.1) is 13.8 Å². The fraction of sp³-hybridized carbons (Fsp3) is 0.312. The molecule has 94 valence electrons. The molecule has 1 aromatic rings. The van der Waals surface area contributed by atoms with Gasteiger partial charge in [-0.3, -0.25) is 4.79 Å². The van der Waals surface area contributed by atoms with E-state index >= 15 is 0 Å². The molecule has 2 nitrogen and oxygen atoms in total. The average molecular weight is 241 g/mol. The maximum atomic E-state index is 12.1. The van der Waals surface area contributed by atoms with E-state index in [1.165, 1.54) is 16.7 Å². The van der Waals surface area contributed by atoms with Crippen molar-refractivity contribution in [1.29, 1.82) is 0 Å². The molecule has 0 saturated heterocycles. The molecule has 0 radical (unpaired) electrons. The van der Waals surface area contributed by atoms with Gasteiger partial charge < -0.3 is 5.73 Å². The molecule has 1 unspecified atom stereocenters. The number of benzene rings is 1. The molecular formula is C16H19NO. The van der Waals surface area contributed by atoms with Gasteiger partial charge in [-0.15, -0.1) is 0 Å². The molecule has 1 atom stereocenters. The third-order valence-corrected chi connectivity index (χ3v) is 3.49. The summed E-state index contributed by atoms with van der Waals surface area (Å²) in [7, 11) is 0. The Kier molecular flexibility index (Phi) is 3.78. The number of carbonyl (C=O) groups excluding carboxylic acids is 1. The molecule has 0 aromatic heterocycles. The van der Waals surface area contributed by atoms with Crippen LogP contribution in [0.1, 0.15) is 23.1 Å². The second kappa shape index (κ2) is 5.32. The molecular weight excluding hydrogens is 222 g/mol. The van der Waals surface area contributed by atoms with Gasteiger partial charge in [-0.25, -0.2) is 0 Å². The number of Topliss-reactive ketones (excluding diaryl/α,β-unsaturated/α-hetero) is 1. The average Bonchev–Trinajstić information content (AvgIpc) is 2.86. The number of allylic oxidation sites excluding steroid dienone is 3. The van der Waals surface area contributed by atoms with Crippen molar-refractivity contribution < 1.29 is 4.79 Å². The van der Waals surface area contributed by atoms with Crippen molar-refractivity contribution >= 4 is 5.78 Å². The lowest BCUT2D eigenvalue weighted by molar-refractivity contribution is -0.116. The first kappa shape index (κ1) is 12.8. The Morgan fingerprint density at radius 2 is 2.00 bits per heavy atom. The van der Waals surface area contributed by atoms with E-state index in [0.717, 1.165) is 12.0 Å². The first-order valence-electron chi connectivity index (χ1n) is 6.30. The smallest absolute Gasteiger partial charge is 0.176 e. The summed E-state index contributed by atoms with van der Waals surface area (Å²) < 4.78 is 0. The molecule has 0 amide bonds. The molecule has 1 aliphatic rings. The van der Waals surface area contributed by atoms with E-state index in [2.05, 4.69) is 26.0 Å². The fourth-order valence-electron chi connectivity index (χ4n) is 2.35. The Morgan fingerprint density at radius 1 is 1.33 bits per heavy atom. The summed E-state index contributed by atoms with van der Waals surface area (Å²) in [6.07, 6.45) is 7.11. The summed E-state index contributed by atoms with van der Waals surface area (Å²) in [5.41, 5.74) is 10.5. The maximum absolute atomic E-state index is 12.1. The van der Waals surface area contributed by atoms with E-state index < -0.39 is 6.04 Å². The van der Waals surface area contributed by atoms with Crippen molar-refractivity contribution in [2.75, 3.05) is 0 Å². The van der Waals surface area contributed by atoms with Gasteiger partial charge in [0, 0.05) is 5.57 Å². The summed E-state index contributed by atoms with van der Waals surface area (Å²) in [5, 5.41) is 0. The van der Waals surface area contributed by atoms with Gasteiger partial charge >= 0.3 is 0 Å². The molecule has 0 saturated carbocycles. The molecule has 0 spiro atoms. The van der Waals surface area contributed by atoms with Crippen molar-refractivity contribution in [3.63, 3.8) is 0 Å². The molecule has 18 heavy (non-hydrogen) atoms. The minimum atomic E-state index is -0.434. The van der Waals surface area contributed by atoms with E-state index in [0.29, 0.717) is 6.42 Å². The molecule has 1 aromatic carbocycles. The lowest BCUT2D eigenvalue weighted by Gasteiger charge is -2.15. The number of rotatable bonds is 4.